The largest absolute Gasteiger partial charge is 0.491 e. The lowest BCUT2D eigenvalue weighted by atomic mass is 9.99. The van der Waals surface area contributed by atoms with Crippen molar-refractivity contribution >= 4 is 5.69 Å². The van der Waals surface area contributed by atoms with E-state index in [4.69, 9.17) is 10.5 Å². The van der Waals surface area contributed by atoms with Crippen LogP contribution in [0.3, 0.4) is 0 Å². The minimum absolute atomic E-state index is 0.553. The van der Waals surface area contributed by atoms with Gasteiger partial charge in [-0.05, 0) is 24.5 Å². The molecule has 97 valence electrons. The highest BCUT2D eigenvalue weighted by molar-refractivity contribution is 5.60. The second kappa shape index (κ2) is 4.78. The fraction of sp³-hybridized carbons (Fsp3) is 0.500. The molecule has 0 amide bonds. The van der Waals surface area contributed by atoms with Crippen molar-refractivity contribution in [1.29, 1.82) is 0 Å². The van der Waals surface area contributed by atoms with Crippen LogP contribution in [0.15, 0.2) is 12.1 Å². The van der Waals surface area contributed by atoms with E-state index < -0.39 is 0 Å². The number of hydrogen-bond acceptors (Lipinski definition) is 4. The average Bonchev–Trinajstić information content (AvgIpc) is 2.39. The Morgan fingerprint density at radius 1 is 1.28 bits per heavy atom. The predicted octanol–water partition coefficient (Wildman–Crippen LogP) is 0.830. The Kier molecular flexibility index (Phi) is 3.14. The van der Waals surface area contributed by atoms with Gasteiger partial charge in [0.1, 0.15) is 12.4 Å². The SMILES string of the molecule is Cc1cc2c(cc1N1CCNCC1)OC[C](N)C2. The van der Waals surface area contributed by atoms with Crippen LogP contribution in [-0.4, -0.2) is 32.8 Å². The first-order chi connectivity index (χ1) is 8.74. The Hall–Kier alpha value is -1.26. The van der Waals surface area contributed by atoms with E-state index in [1.165, 1.54) is 16.8 Å². The van der Waals surface area contributed by atoms with Crippen LogP contribution < -0.4 is 20.7 Å². The second-order valence-electron chi connectivity index (χ2n) is 5.11. The summed E-state index contributed by atoms with van der Waals surface area (Å²) in [6.45, 7) is 6.96. The number of ether oxygens (including phenoxy) is 1. The summed E-state index contributed by atoms with van der Waals surface area (Å²) in [5.41, 5.74) is 9.69. The van der Waals surface area contributed by atoms with Crippen LogP contribution in [0.25, 0.3) is 0 Å². The summed E-state index contributed by atoms with van der Waals surface area (Å²) < 4.78 is 5.72. The lowest BCUT2D eigenvalue weighted by molar-refractivity contribution is 0.304. The van der Waals surface area contributed by atoms with E-state index in [2.05, 4.69) is 29.3 Å². The van der Waals surface area contributed by atoms with Gasteiger partial charge in [-0.1, -0.05) is 6.07 Å². The van der Waals surface area contributed by atoms with Crippen LogP contribution >= 0.6 is 0 Å². The van der Waals surface area contributed by atoms with Gasteiger partial charge < -0.3 is 20.7 Å². The third-order valence-electron chi connectivity index (χ3n) is 3.67. The maximum absolute atomic E-state index is 5.85. The summed E-state index contributed by atoms with van der Waals surface area (Å²) in [5.74, 6) is 1.00. The fourth-order valence-electron chi connectivity index (χ4n) is 2.72. The molecule has 4 heteroatoms. The monoisotopic (exact) mass is 246 g/mol. The van der Waals surface area contributed by atoms with Crippen molar-refractivity contribution in [3.8, 4) is 5.75 Å². The average molecular weight is 246 g/mol. The summed E-state index contributed by atoms with van der Waals surface area (Å²) in [6.07, 6.45) is 0.845. The molecule has 0 unspecified atom stereocenters. The van der Waals surface area contributed by atoms with E-state index in [9.17, 15) is 0 Å². The van der Waals surface area contributed by atoms with E-state index >= 15 is 0 Å². The van der Waals surface area contributed by atoms with E-state index in [0.717, 1.165) is 44.4 Å². The highest BCUT2D eigenvalue weighted by Crippen LogP contribution is 2.33. The van der Waals surface area contributed by atoms with Crippen molar-refractivity contribution in [2.24, 2.45) is 5.73 Å². The zero-order chi connectivity index (χ0) is 12.5. The zero-order valence-corrected chi connectivity index (χ0v) is 10.8. The summed E-state index contributed by atoms with van der Waals surface area (Å²) in [5, 5.41) is 3.38. The van der Waals surface area contributed by atoms with Gasteiger partial charge in [0.05, 0.1) is 6.04 Å². The number of nitrogens with two attached hydrogens (primary N) is 1. The molecule has 0 bridgehead atoms. The smallest absolute Gasteiger partial charge is 0.124 e. The number of nitrogens with one attached hydrogen (secondary N) is 1. The molecule has 1 radical (unpaired) electrons. The summed E-state index contributed by atoms with van der Waals surface area (Å²) >= 11 is 0. The Labute approximate surface area is 108 Å². The Morgan fingerprint density at radius 2 is 2.06 bits per heavy atom. The van der Waals surface area contributed by atoms with E-state index in [0.29, 0.717) is 6.61 Å². The van der Waals surface area contributed by atoms with Gasteiger partial charge in [-0.25, -0.2) is 0 Å². The number of piperazine rings is 1. The normalized spacial score (nSPS) is 20.4. The van der Waals surface area contributed by atoms with Gasteiger partial charge in [0, 0.05) is 37.9 Å². The molecule has 1 saturated heterocycles. The van der Waals surface area contributed by atoms with Gasteiger partial charge in [-0.15, -0.1) is 0 Å². The number of hydrogen-bond donors (Lipinski definition) is 2. The molecule has 2 aliphatic rings. The summed E-state index contributed by atoms with van der Waals surface area (Å²) in [6, 6.07) is 5.32. The molecule has 1 aromatic rings. The molecule has 18 heavy (non-hydrogen) atoms. The first kappa shape index (κ1) is 11.8. The molecule has 3 rings (SSSR count). The van der Waals surface area contributed by atoms with Crippen LogP contribution in [0, 0.1) is 13.0 Å². The highest BCUT2D eigenvalue weighted by Gasteiger charge is 2.21. The standard InChI is InChI=1S/C14H20N3O/c1-10-6-11-7-12(15)9-18-14(11)8-13(10)17-4-2-16-3-5-17/h6,8,16H,2-5,7,9,15H2,1H3. The molecule has 0 aromatic heterocycles. The minimum Gasteiger partial charge on any atom is -0.491 e. The number of aryl methyl sites for hydroxylation is 1. The molecule has 0 aliphatic carbocycles. The molecular weight excluding hydrogens is 226 g/mol. The first-order valence-electron chi connectivity index (χ1n) is 6.56. The van der Waals surface area contributed by atoms with Crippen molar-refractivity contribution in [3.05, 3.63) is 29.3 Å². The Balaban J connectivity index is 1.91. The van der Waals surface area contributed by atoms with Gasteiger partial charge in [0.15, 0.2) is 0 Å². The Bertz CT molecular complexity index is 441. The number of benzene rings is 1. The minimum atomic E-state index is 0.553. The summed E-state index contributed by atoms with van der Waals surface area (Å²) in [7, 11) is 0. The molecule has 0 spiro atoms. The molecule has 1 aromatic carbocycles. The predicted molar refractivity (Wildman–Crippen MR) is 72.9 cm³/mol. The molecule has 1 fully saturated rings. The van der Waals surface area contributed by atoms with E-state index in [1.807, 2.05) is 0 Å². The van der Waals surface area contributed by atoms with E-state index in [1.54, 1.807) is 0 Å². The zero-order valence-electron chi connectivity index (χ0n) is 10.8. The number of rotatable bonds is 1. The van der Waals surface area contributed by atoms with Gasteiger partial charge in [0.25, 0.3) is 0 Å². The lowest BCUT2D eigenvalue weighted by Crippen LogP contribution is -2.43. The van der Waals surface area contributed by atoms with Crippen LogP contribution in [0.2, 0.25) is 0 Å². The molecule has 2 heterocycles. The molecule has 2 aliphatic heterocycles. The fourth-order valence-corrected chi connectivity index (χ4v) is 2.72. The number of nitrogens with zero attached hydrogens (tertiary/aromatic N) is 1. The second-order valence-corrected chi connectivity index (χ2v) is 5.11. The third-order valence-corrected chi connectivity index (χ3v) is 3.67. The van der Waals surface area contributed by atoms with Gasteiger partial charge >= 0.3 is 0 Å². The van der Waals surface area contributed by atoms with Crippen molar-refractivity contribution in [1.82, 2.24) is 5.32 Å². The topological polar surface area (TPSA) is 50.5 Å². The van der Waals surface area contributed by atoms with Crippen LogP contribution in [-0.2, 0) is 6.42 Å². The highest BCUT2D eigenvalue weighted by atomic mass is 16.5. The van der Waals surface area contributed by atoms with Crippen molar-refractivity contribution < 1.29 is 4.74 Å². The maximum atomic E-state index is 5.85. The van der Waals surface area contributed by atoms with E-state index in [-0.39, 0.29) is 0 Å². The Morgan fingerprint density at radius 3 is 2.83 bits per heavy atom. The first-order valence-corrected chi connectivity index (χ1v) is 6.56. The maximum Gasteiger partial charge on any atom is 0.124 e. The molecule has 0 atom stereocenters. The van der Waals surface area contributed by atoms with Gasteiger partial charge in [-0.2, -0.15) is 0 Å². The quantitative estimate of drug-likeness (QED) is 0.770. The van der Waals surface area contributed by atoms with Crippen molar-refractivity contribution in [3.63, 3.8) is 0 Å². The van der Waals surface area contributed by atoms with Crippen molar-refractivity contribution in [2.75, 3.05) is 37.7 Å². The number of fused-ring (bicyclic) bond motifs is 1. The molecular formula is C14H20N3O. The van der Waals surface area contributed by atoms with Gasteiger partial charge in [-0.3, -0.25) is 0 Å². The number of anilines is 1. The molecule has 3 N–H and O–H groups in total. The van der Waals surface area contributed by atoms with Gasteiger partial charge in [0.2, 0.25) is 0 Å². The molecule has 4 nitrogen and oxygen atoms in total. The van der Waals surface area contributed by atoms with Crippen LogP contribution in [0.4, 0.5) is 5.69 Å². The summed E-state index contributed by atoms with van der Waals surface area (Å²) in [4.78, 5) is 2.43. The van der Waals surface area contributed by atoms with Crippen molar-refractivity contribution in [2.45, 2.75) is 13.3 Å². The van der Waals surface area contributed by atoms with Crippen LogP contribution in [0.1, 0.15) is 11.1 Å². The van der Waals surface area contributed by atoms with Crippen LogP contribution in [0.5, 0.6) is 5.75 Å². The third kappa shape index (κ3) is 2.18. The molecule has 0 saturated carbocycles. The lowest BCUT2D eigenvalue weighted by Gasteiger charge is -2.32.